The van der Waals surface area contributed by atoms with Crippen LogP contribution in [0.1, 0.15) is 18.9 Å². The summed E-state index contributed by atoms with van der Waals surface area (Å²) in [6.45, 7) is 3.59. The van der Waals surface area contributed by atoms with Gasteiger partial charge < -0.3 is 9.88 Å². The van der Waals surface area contributed by atoms with E-state index in [9.17, 15) is 13.2 Å². The summed E-state index contributed by atoms with van der Waals surface area (Å²) in [6, 6.07) is 7.64. The van der Waals surface area contributed by atoms with Crippen molar-refractivity contribution < 1.29 is 13.2 Å². The Morgan fingerprint density at radius 3 is 2.68 bits per heavy atom. The van der Waals surface area contributed by atoms with Gasteiger partial charge in [0.1, 0.15) is 0 Å². The van der Waals surface area contributed by atoms with Gasteiger partial charge in [-0.1, -0.05) is 19.1 Å². The van der Waals surface area contributed by atoms with Gasteiger partial charge in [0.25, 0.3) is 0 Å². The van der Waals surface area contributed by atoms with Crippen LogP contribution in [0.5, 0.6) is 0 Å². The quantitative estimate of drug-likeness (QED) is 0.876. The van der Waals surface area contributed by atoms with Crippen LogP contribution in [0.25, 0.3) is 10.9 Å². The normalized spacial score (nSPS) is 12.2. The van der Waals surface area contributed by atoms with Crippen LogP contribution in [0.2, 0.25) is 0 Å². The molecule has 0 aliphatic heterocycles. The number of aryl methyl sites for hydroxylation is 1. The molecule has 0 amide bonds. The summed E-state index contributed by atoms with van der Waals surface area (Å²) in [6.07, 6.45) is -3.18. The smallest absolute Gasteiger partial charge is 0.347 e. The number of aromatic nitrogens is 1. The monoisotopic (exact) mass is 270 g/mol. The average Bonchev–Trinajstić information content (AvgIpc) is 2.76. The number of alkyl halides is 3. The molecule has 2 nitrogen and oxygen atoms in total. The van der Waals surface area contributed by atoms with Crippen molar-refractivity contribution in [2.75, 3.05) is 6.54 Å². The number of nitrogens with one attached hydrogen (secondary N) is 1. The Labute approximate surface area is 110 Å². The van der Waals surface area contributed by atoms with E-state index < -0.39 is 12.6 Å². The third-order valence-corrected chi connectivity index (χ3v) is 3.11. The zero-order valence-electron chi connectivity index (χ0n) is 10.8. The molecule has 2 aromatic rings. The lowest BCUT2D eigenvalue weighted by Crippen LogP contribution is -2.12. The van der Waals surface area contributed by atoms with Gasteiger partial charge in [0.2, 0.25) is 0 Å². The molecule has 1 heterocycles. The molecule has 0 atom stereocenters. The summed E-state index contributed by atoms with van der Waals surface area (Å²) < 4.78 is 38.5. The average molecular weight is 270 g/mol. The van der Waals surface area contributed by atoms with Gasteiger partial charge in [-0.25, -0.2) is 0 Å². The highest BCUT2D eigenvalue weighted by atomic mass is 19.4. The van der Waals surface area contributed by atoms with Crippen LogP contribution in [-0.2, 0) is 13.1 Å². The number of hydrogen-bond donors (Lipinski definition) is 1. The number of nitrogens with zero attached hydrogens (tertiary/aromatic N) is 1. The van der Waals surface area contributed by atoms with E-state index in [-0.39, 0.29) is 6.54 Å². The molecule has 0 fully saturated rings. The number of hydrogen-bond acceptors (Lipinski definition) is 1. The summed E-state index contributed by atoms with van der Waals surface area (Å²) in [7, 11) is 0. The summed E-state index contributed by atoms with van der Waals surface area (Å²) in [4.78, 5) is 0. The van der Waals surface area contributed by atoms with Crippen molar-refractivity contribution in [3.63, 3.8) is 0 Å². The zero-order valence-corrected chi connectivity index (χ0v) is 10.8. The van der Waals surface area contributed by atoms with Gasteiger partial charge in [0.15, 0.2) is 0 Å². The van der Waals surface area contributed by atoms with Crippen LogP contribution >= 0.6 is 0 Å². The van der Waals surface area contributed by atoms with Crippen molar-refractivity contribution >= 4 is 10.9 Å². The van der Waals surface area contributed by atoms with Crippen molar-refractivity contribution in [2.24, 2.45) is 0 Å². The molecule has 0 saturated carbocycles. The molecule has 0 saturated heterocycles. The predicted molar refractivity (Wildman–Crippen MR) is 70.0 cm³/mol. The van der Waals surface area contributed by atoms with Crippen LogP contribution in [-0.4, -0.2) is 17.3 Å². The second-order valence-corrected chi connectivity index (χ2v) is 4.50. The molecule has 1 aromatic heterocycles. The standard InChI is InChI=1S/C14H17F3N2/c1-2-18-10-11-4-3-5-13-12(11)6-8-19(13)9-7-14(15,16)17/h3-6,8,18H,2,7,9-10H2,1H3. The number of fused-ring (bicyclic) bond motifs is 1. The molecule has 1 N–H and O–H groups in total. The van der Waals surface area contributed by atoms with Gasteiger partial charge in [0.05, 0.1) is 6.42 Å². The molecule has 0 radical (unpaired) electrons. The molecule has 104 valence electrons. The Bertz CT molecular complexity index is 543. The van der Waals surface area contributed by atoms with Gasteiger partial charge in [-0.2, -0.15) is 13.2 Å². The summed E-state index contributed by atoms with van der Waals surface area (Å²) >= 11 is 0. The van der Waals surface area contributed by atoms with E-state index in [0.717, 1.165) is 29.6 Å². The predicted octanol–water partition coefficient (Wildman–Crippen LogP) is 3.70. The highest BCUT2D eigenvalue weighted by Crippen LogP contribution is 2.24. The van der Waals surface area contributed by atoms with Gasteiger partial charge >= 0.3 is 6.18 Å². The van der Waals surface area contributed by atoms with Gasteiger partial charge in [-0.05, 0) is 24.2 Å². The Balaban J connectivity index is 2.23. The van der Waals surface area contributed by atoms with Gasteiger partial charge in [-0.15, -0.1) is 0 Å². The van der Waals surface area contributed by atoms with Crippen molar-refractivity contribution in [1.29, 1.82) is 0 Å². The highest BCUT2D eigenvalue weighted by Gasteiger charge is 2.26. The molecular formula is C14H17F3N2. The van der Waals surface area contributed by atoms with Crippen LogP contribution in [0.3, 0.4) is 0 Å². The van der Waals surface area contributed by atoms with E-state index >= 15 is 0 Å². The maximum absolute atomic E-state index is 12.3. The zero-order chi connectivity index (χ0) is 13.9. The van der Waals surface area contributed by atoms with Crippen molar-refractivity contribution in [2.45, 2.75) is 32.6 Å². The summed E-state index contributed by atoms with van der Waals surface area (Å²) in [5.74, 6) is 0. The third kappa shape index (κ3) is 3.50. The van der Waals surface area contributed by atoms with E-state index in [0.29, 0.717) is 0 Å². The molecule has 0 aliphatic carbocycles. The Morgan fingerprint density at radius 1 is 1.21 bits per heavy atom. The molecule has 0 bridgehead atoms. The molecular weight excluding hydrogens is 253 g/mol. The van der Waals surface area contributed by atoms with Crippen LogP contribution in [0.15, 0.2) is 30.5 Å². The first kappa shape index (κ1) is 13.9. The Morgan fingerprint density at radius 2 is 2.00 bits per heavy atom. The van der Waals surface area contributed by atoms with E-state index in [1.54, 1.807) is 10.8 Å². The van der Waals surface area contributed by atoms with Gasteiger partial charge in [-0.3, -0.25) is 0 Å². The molecule has 0 unspecified atom stereocenters. The summed E-state index contributed by atoms with van der Waals surface area (Å²) in [5, 5.41) is 4.25. The maximum atomic E-state index is 12.3. The largest absolute Gasteiger partial charge is 0.390 e. The van der Waals surface area contributed by atoms with Crippen molar-refractivity contribution in [3.05, 3.63) is 36.0 Å². The third-order valence-electron chi connectivity index (χ3n) is 3.11. The molecule has 19 heavy (non-hydrogen) atoms. The van der Waals surface area contributed by atoms with Crippen LogP contribution in [0.4, 0.5) is 13.2 Å². The van der Waals surface area contributed by atoms with Gasteiger partial charge in [0, 0.05) is 30.2 Å². The highest BCUT2D eigenvalue weighted by molar-refractivity contribution is 5.83. The first-order chi connectivity index (χ1) is 9.01. The van der Waals surface area contributed by atoms with E-state index in [1.165, 1.54) is 0 Å². The lowest BCUT2D eigenvalue weighted by atomic mass is 10.1. The molecule has 0 spiro atoms. The minimum absolute atomic E-state index is 0.0301. The number of halogens is 3. The fourth-order valence-electron chi connectivity index (χ4n) is 2.14. The maximum Gasteiger partial charge on any atom is 0.390 e. The lowest BCUT2D eigenvalue weighted by molar-refractivity contribution is -0.136. The number of benzene rings is 1. The van der Waals surface area contributed by atoms with E-state index in [1.807, 2.05) is 31.2 Å². The van der Waals surface area contributed by atoms with Crippen molar-refractivity contribution in [1.82, 2.24) is 9.88 Å². The molecule has 5 heteroatoms. The molecule has 0 aliphatic rings. The number of rotatable bonds is 5. The Kier molecular flexibility index (Phi) is 4.14. The van der Waals surface area contributed by atoms with Crippen LogP contribution < -0.4 is 5.32 Å². The first-order valence-corrected chi connectivity index (χ1v) is 6.35. The second-order valence-electron chi connectivity index (χ2n) is 4.50. The fraction of sp³-hybridized carbons (Fsp3) is 0.429. The minimum atomic E-state index is -4.11. The molecule has 2 rings (SSSR count). The SMILES string of the molecule is CCNCc1cccc2c1ccn2CCC(F)(F)F. The second kappa shape index (κ2) is 5.65. The van der Waals surface area contributed by atoms with Crippen molar-refractivity contribution in [3.8, 4) is 0 Å². The van der Waals surface area contributed by atoms with E-state index in [4.69, 9.17) is 0 Å². The topological polar surface area (TPSA) is 17.0 Å². The Hall–Kier alpha value is -1.49. The molecule has 1 aromatic carbocycles. The fourth-order valence-corrected chi connectivity index (χ4v) is 2.14. The minimum Gasteiger partial charge on any atom is -0.347 e. The first-order valence-electron chi connectivity index (χ1n) is 6.35. The lowest BCUT2D eigenvalue weighted by Gasteiger charge is -2.09. The van der Waals surface area contributed by atoms with Crippen LogP contribution in [0, 0.1) is 0 Å². The summed E-state index contributed by atoms with van der Waals surface area (Å²) in [5.41, 5.74) is 1.98. The van der Waals surface area contributed by atoms with E-state index in [2.05, 4.69) is 5.32 Å².